The van der Waals surface area contributed by atoms with Crippen molar-refractivity contribution in [3.8, 4) is 5.75 Å². The summed E-state index contributed by atoms with van der Waals surface area (Å²) in [5.41, 5.74) is 6.90. The van der Waals surface area contributed by atoms with Crippen LogP contribution in [0, 0.1) is 12.7 Å². The third kappa shape index (κ3) is 3.34. The maximum Gasteiger partial charge on any atom is 0.167 e. The summed E-state index contributed by atoms with van der Waals surface area (Å²) in [7, 11) is 0. The number of halogens is 1. The van der Waals surface area contributed by atoms with Crippen molar-refractivity contribution in [2.24, 2.45) is 0 Å². The van der Waals surface area contributed by atoms with E-state index in [0.717, 1.165) is 38.4 Å². The number of ether oxygens (including phenoxy) is 2. The molecule has 0 atom stereocenters. The highest BCUT2D eigenvalue weighted by atomic mass is 19.1. The van der Waals surface area contributed by atoms with Gasteiger partial charge < -0.3 is 15.2 Å². The Morgan fingerprint density at radius 2 is 2.11 bits per heavy atom. The van der Waals surface area contributed by atoms with Crippen LogP contribution in [0.2, 0.25) is 0 Å². The molecule has 0 aliphatic carbocycles. The highest BCUT2D eigenvalue weighted by Crippen LogP contribution is 2.23. The van der Waals surface area contributed by atoms with E-state index < -0.39 is 5.82 Å². The minimum absolute atomic E-state index is 0.273. The Labute approximate surface area is 106 Å². The van der Waals surface area contributed by atoms with Gasteiger partial charge in [0.25, 0.3) is 0 Å². The quantitative estimate of drug-likeness (QED) is 0.826. The summed E-state index contributed by atoms with van der Waals surface area (Å²) in [4.78, 5) is 2.24. The van der Waals surface area contributed by atoms with Gasteiger partial charge in [-0.2, -0.15) is 0 Å². The number of nitrogens with two attached hydrogens (primary N) is 1. The molecule has 1 aliphatic rings. The highest BCUT2D eigenvalue weighted by Gasteiger charge is 2.11. The second-order valence-electron chi connectivity index (χ2n) is 4.44. The lowest BCUT2D eigenvalue weighted by Gasteiger charge is -2.26. The van der Waals surface area contributed by atoms with Gasteiger partial charge in [-0.25, -0.2) is 4.39 Å². The van der Waals surface area contributed by atoms with Crippen molar-refractivity contribution in [1.82, 2.24) is 4.90 Å². The van der Waals surface area contributed by atoms with Gasteiger partial charge in [-0.3, -0.25) is 4.90 Å². The molecule has 2 rings (SSSR count). The third-order valence-corrected chi connectivity index (χ3v) is 3.09. The van der Waals surface area contributed by atoms with Crippen molar-refractivity contribution < 1.29 is 13.9 Å². The molecule has 2 N–H and O–H groups in total. The lowest BCUT2D eigenvalue weighted by atomic mass is 10.2. The van der Waals surface area contributed by atoms with Crippen molar-refractivity contribution in [3.05, 3.63) is 23.5 Å². The molecule has 5 heteroatoms. The zero-order chi connectivity index (χ0) is 13.0. The zero-order valence-electron chi connectivity index (χ0n) is 10.6. The number of nitrogens with zero attached hydrogens (tertiary/aromatic N) is 1. The molecule has 0 amide bonds. The number of hydrogen-bond acceptors (Lipinski definition) is 4. The van der Waals surface area contributed by atoms with E-state index in [1.54, 1.807) is 6.07 Å². The molecular weight excluding hydrogens is 235 g/mol. The minimum atomic E-state index is -0.403. The molecule has 1 aromatic carbocycles. The van der Waals surface area contributed by atoms with Gasteiger partial charge in [0.05, 0.1) is 13.2 Å². The Hall–Kier alpha value is -1.33. The van der Waals surface area contributed by atoms with Crippen LogP contribution in [0.15, 0.2) is 12.1 Å². The topological polar surface area (TPSA) is 47.7 Å². The lowest BCUT2D eigenvalue weighted by molar-refractivity contribution is 0.0320. The molecule has 18 heavy (non-hydrogen) atoms. The van der Waals surface area contributed by atoms with E-state index in [9.17, 15) is 4.39 Å². The Kier molecular flexibility index (Phi) is 4.38. The minimum Gasteiger partial charge on any atom is -0.489 e. The summed E-state index contributed by atoms with van der Waals surface area (Å²) in [6, 6.07) is 2.95. The van der Waals surface area contributed by atoms with Gasteiger partial charge in [0.1, 0.15) is 6.61 Å². The average Bonchev–Trinajstić information content (AvgIpc) is 2.37. The van der Waals surface area contributed by atoms with Crippen LogP contribution in [0.25, 0.3) is 0 Å². The van der Waals surface area contributed by atoms with Crippen LogP contribution < -0.4 is 10.5 Å². The SMILES string of the molecule is Cc1cc(OCCN2CCOCC2)c(F)cc1N. The van der Waals surface area contributed by atoms with E-state index in [-0.39, 0.29) is 5.75 Å². The van der Waals surface area contributed by atoms with Crippen LogP contribution >= 0.6 is 0 Å². The zero-order valence-corrected chi connectivity index (χ0v) is 10.6. The number of morpholine rings is 1. The summed E-state index contributed by atoms with van der Waals surface area (Å²) in [6.45, 7) is 6.43. The predicted molar refractivity (Wildman–Crippen MR) is 68.3 cm³/mol. The third-order valence-electron chi connectivity index (χ3n) is 3.09. The number of rotatable bonds is 4. The van der Waals surface area contributed by atoms with Gasteiger partial charge in [0, 0.05) is 31.4 Å². The molecule has 0 saturated carbocycles. The number of anilines is 1. The van der Waals surface area contributed by atoms with E-state index in [2.05, 4.69) is 4.90 Å². The molecule has 0 aromatic heterocycles. The van der Waals surface area contributed by atoms with E-state index in [0.29, 0.717) is 12.3 Å². The van der Waals surface area contributed by atoms with Crippen LogP contribution in [0.5, 0.6) is 5.75 Å². The Balaban J connectivity index is 1.84. The van der Waals surface area contributed by atoms with Gasteiger partial charge in [-0.15, -0.1) is 0 Å². The van der Waals surface area contributed by atoms with Crippen LogP contribution in [0.4, 0.5) is 10.1 Å². The van der Waals surface area contributed by atoms with Crippen molar-refractivity contribution in [1.29, 1.82) is 0 Å². The van der Waals surface area contributed by atoms with Gasteiger partial charge in [-0.1, -0.05) is 0 Å². The maximum absolute atomic E-state index is 13.6. The predicted octanol–water partition coefficient (Wildman–Crippen LogP) is 1.43. The van der Waals surface area contributed by atoms with Crippen molar-refractivity contribution in [2.75, 3.05) is 45.2 Å². The molecule has 1 aromatic rings. The molecule has 1 heterocycles. The molecule has 1 saturated heterocycles. The van der Waals surface area contributed by atoms with E-state index in [1.165, 1.54) is 6.07 Å². The largest absolute Gasteiger partial charge is 0.489 e. The fraction of sp³-hybridized carbons (Fsp3) is 0.538. The first-order valence-electron chi connectivity index (χ1n) is 6.15. The summed E-state index contributed by atoms with van der Waals surface area (Å²) < 4.78 is 24.3. The van der Waals surface area contributed by atoms with Gasteiger partial charge in [-0.05, 0) is 18.6 Å². The van der Waals surface area contributed by atoms with Crippen molar-refractivity contribution in [3.63, 3.8) is 0 Å². The molecule has 1 fully saturated rings. The van der Waals surface area contributed by atoms with Gasteiger partial charge in [0.2, 0.25) is 0 Å². The van der Waals surface area contributed by atoms with Crippen molar-refractivity contribution in [2.45, 2.75) is 6.92 Å². The first-order chi connectivity index (χ1) is 8.66. The fourth-order valence-corrected chi connectivity index (χ4v) is 1.89. The Morgan fingerprint density at radius 1 is 1.39 bits per heavy atom. The molecular formula is C13H19FN2O2. The van der Waals surface area contributed by atoms with Crippen LogP contribution in [0.1, 0.15) is 5.56 Å². The normalized spacial score (nSPS) is 16.8. The summed E-state index contributed by atoms with van der Waals surface area (Å²) in [6.07, 6.45) is 0. The summed E-state index contributed by atoms with van der Waals surface area (Å²) in [5.74, 6) is -0.130. The van der Waals surface area contributed by atoms with Gasteiger partial charge >= 0.3 is 0 Å². The number of nitrogen functional groups attached to an aromatic ring is 1. The van der Waals surface area contributed by atoms with Crippen molar-refractivity contribution >= 4 is 5.69 Å². The lowest BCUT2D eigenvalue weighted by Crippen LogP contribution is -2.38. The first kappa shape index (κ1) is 13.1. The van der Waals surface area contributed by atoms with E-state index >= 15 is 0 Å². The smallest absolute Gasteiger partial charge is 0.167 e. The standard InChI is InChI=1S/C13H19FN2O2/c1-10-8-13(11(14)9-12(10)15)18-7-4-16-2-5-17-6-3-16/h8-9H,2-7,15H2,1H3. The second-order valence-corrected chi connectivity index (χ2v) is 4.44. The molecule has 0 radical (unpaired) electrons. The van der Waals surface area contributed by atoms with Gasteiger partial charge in [0.15, 0.2) is 11.6 Å². The van der Waals surface area contributed by atoms with E-state index in [1.807, 2.05) is 6.92 Å². The fourth-order valence-electron chi connectivity index (χ4n) is 1.89. The van der Waals surface area contributed by atoms with Crippen LogP contribution in [-0.2, 0) is 4.74 Å². The Bertz CT molecular complexity index is 406. The molecule has 100 valence electrons. The first-order valence-corrected chi connectivity index (χ1v) is 6.15. The number of aryl methyl sites for hydroxylation is 1. The molecule has 0 bridgehead atoms. The second kappa shape index (κ2) is 6.02. The maximum atomic E-state index is 13.6. The molecule has 1 aliphatic heterocycles. The average molecular weight is 254 g/mol. The monoisotopic (exact) mass is 254 g/mol. The summed E-state index contributed by atoms with van der Waals surface area (Å²) in [5, 5.41) is 0. The molecule has 0 unspecified atom stereocenters. The van der Waals surface area contributed by atoms with Crippen LogP contribution in [-0.4, -0.2) is 44.4 Å². The number of hydrogen-bond donors (Lipinski definition) is 1. The molecule has 0 spiro atoms. The number of benzene rings is 1. The molecule has 4 nitrogen and oxygen atoms in total. The summed E-state index contributed by atoms with van der Waals surface area (Å²) >= 11 is 0. The van der Waals surface area contributed by atoms with Crippen LogP contribution in [0.3, 0.4) is 0 Å². The highest BCUT2D eigenvalue weighted by molar-refractivity contribution is 5.50. The Morgan fingerprint density at radius 3 is 2.83 bits per heavy atom. The van der Waals surface area contributed by atoms with E-state index in [4.69, 9.17) is 15.2 Å².